The van der Waals surface area contributed by atoms with Crippen LogP contribution < -0.4 is 0 Å². The van der Waals surface area contributed by atoms with Crippen molar-refractivity contribution in [1.82, 2.24) is 0 Å². The fourth-order valence-electron chi connectivity index (χ4n) is 8.60. The van der Waals surface area contributed by atoms with Gasteiger partial charge in [0.1, 0.15) is 18.8 Å². The summed E-state index contributed by atoms with van der Waals surface area (Å²) in [5.41, 5.74) is -5.95. The molecule has 2 saturated carbocycles. The Morgan fingerprint density at radius 3 is 2.42 bits per heavy atom. The lowest BCUT2D eigenvalue weighted by molar-refractivity contribution is -0.243. The van der Waals surface area contributed by atoms with Crippen LogP contribution in [0.1, 0.15) is 74.1 Å². The minimum atomic E-state index is -2.07. The third-order valence-electron chi connectivity index (χ3n) is 10.2. The molecule has 0 aromatic heterocycles. The zero-order valence-electron chi connectivity index (χ0n) is 26.0. The quantitative estimate of drug-likeness (QED) is 0.340. The van der Waals surface area contributed by atoms with Gasteiger partial charge in [0.25, 0.3) is 0 Å². The molecule has 0 aromatic carbocycles. The Labute approximate surface area is 251 Å². The normalized spacial score (nSPS) is 41.0. The number of halogens is 1. The second-order valence-corrected chi connectivity index (χ2v) is 14.5. The molecular weight excluding hydrogens is 563 g/mol. The number of rotatable bonds is 7. The molecule has 1 aliphatic heterocycles. The minimum Gasteiger partial charge on any atom is -0.458 e. The van der Waals surface area contributed by atoms with E-state index in [4.69, 9.17) is 23.7 Å². The van der Waals surface area contributed by atoms with E-state index in [1.165, 1.54) is 6.08 Å². The molecule has 8 atom stereocenters. The molecule has 5 rings (SSSR count). The highest BCUT2D eigenvalue weighted by atomic mass is 19.1. The number of aliphatic hydroxyl groups excluding tert-OH is 1. The summed E-state index contributed by atoms with van der Waals surface area (Å²) in [5, 5.41) is 11.7. The van der Waals surface area contributed by atoms with Crippen LogP contribution in [0.5, 0.6) is 0 Å². The lowest BCUT2D eigenvalue weighted by atomic mass is 9.45. The van der Waals surface area contributed by atoms with Gasteiger partial charge in [-0.1, -0.05) is 24.6 Å². The Morgan fingerprint density at radius 2 is 1.74 bits per heavy atom. The fraction of sp³-hybridized carbons (Fsp3) is 0.750. The third kappa shape index (κ3) is 4.91. The van der Waals surface area contributed by atoms with E-state index >= 15 is 4.39 Å². The number of carbonyl (C=O) groups excluding carboxylic acids is 4. The van der Waals surface area contributed by atoms with Gasteiger partial charge in [0, 0.05) is 23.2 Å². The first-order valence-electron chi connectivity index (χ1n) is 14.9. The summed E-state index contributed by atoms with van der Waals surface area (Å²) < 4.78 is 45.7. The van der Waals surface area contributed by atoms with Gasteiger partial charge in [0.05, 0.1) is 12.2 Å². The number of carbonyl (C=O) groups is 4. The summed E-state index contributed by atoms with van der Waals surface area (Å²) in [6.07, 6.45) is 3.29. The number of esters is 2. The summed E-state index contributed by atoms with van der Waals surface area (Å²) in [5.74, 6) is -4.40. The molecule has 1 N–H and O–H groups in total. The average molecular weight is 607 g/mol. The van der Waals surface area contributed by atoms with Crippen molar-refractivity contribution in [3.8, 4) is 0 Å². The predicted molar refractivity (Wildman–Crippen MR) is 149 cm³/mol. The molecule has 5 aliphatic rings. The first kappa shape index (κ1) is 31.9. The summed E-state index contributed by atoms with van der Waals surface area (Å²) >= 11 is 0. The molecule has 238 valence electrons. The summed E-state index contributed by atoms with van der Waals surface area (Å²) in [4.78, 5) is 50.5. The molecule has 0 radical (unpaired) electrons. The first-order chi connectivity index (χ1) is 19.8. The van der Waals surface area contributed by atoms with Gasteiger partial charge in [-0.25, -0.2) is 14.0 Å². The number of aliphatic hydroxyl groups is 1. The Balaban J connectivity index is 1.36. The van der Waals surface area contributed by atoms with Crippen LogP contribution in [0.15, 0.2) is 23.8 Å². The first-order valence-corrected chi connectivity index (χ1v) is 14.9. The van der Waals surface area contributed by atoms with Crippen LogP contribution in [-0.4, -0.2) is 83.3 Å². The molecule has 10 nitrogen and oxygen atoms in total. The highest BCUT2D eigenvalue weighted by Crippen LogP contribution is 2.71. The van der Waals surface area contributed by atoms with E-state index < -0.39 is 95.1 Å². The third-order valence-corrected chi connectivity index (χ3v) is 10.2. The zero-order chi connectivity index (χ0) is 31.8. The minimum absolute atomic E-state index is 0.0933. The predicted octanol–water partition coefficient (Wildman–Crippen LogP) is 3.33. The molecule has 0 aromatic rings. The lowest BCUT2D eigenvalue weighted by Gasteiger charge is -2.62. The Hall–Kier alpha value is -2.47. The van der Waals surface area contributed by atoms with E-state index in [0.717, 1.165) is 0 Å². The van der Waals surface area contributed by atoms with Gasteiger partial charge >= 0.3 is 11.9 Å². The maximum atomic E-state index is 17.5. The summed E-state index contributed by atoms with van der Waals surface area (Å²) in [7, 11) is 0. The molecule has 3 fully saturated rings. The Kier molecular flexibility index (Phi) is 7.64. The van der Waals surface area contributed by atoms with Crippen molar-refractivity contribution in [1.29, 1.82) is 0 Å². The van der Waals surface area contributed by atoms with Crippen molar-refractivity contribution in [3.63, 3.8) is 0 Å². The second kappa shape index (κ2) is 10.3. The van der Waals surface area contributed by atoms with Crippen LogP contribution in [0.2, 0.25) is 0 Å². The monoisotopic (exact) mass is 606 g/mol. The molecule has 43 heavy (non-hydrogen) atoms. The van der Waals surface area contributed by atoms with E-state index in [0.29, 0.717) is 18.4 Å². The summed E-state index contributed by atoms with van der Waals surface area (Å²) in [6.45, 7) is 10.4. The number of hydrogen-bond donors (Lipinski definition) is 1. The van der Waals surface area contributed by atoms with E-state index in [9.17, 15) is 24.3 Å². The van der Waals surface area contributed by atoms with Gasteiger partial charge < -0.3 is 28.8 Å². The number of ketones is 2. The SMILES string of the molecule is CC(C)(C)OC(=O)COCC(=O)OCC(=O)[C@@]12OC(C)(C)O[C@@H]1CC1C3CC=C4CC(=O)C=CC4(C)[C@@]3(F)[C@@H](O)CC12C. The number of hydrogen-bond acceptors (Lipinski definition) is 10. The Bertz CT molecular complexity index is 1280. The van der Waals surface area contributed by atoms with Crippen LogP contribution in [0.25, 0.3) is 0 Å². The molecule has 0 spiro atoms. The van der Waals surface area contributed by atoms with Gasteiger partial charge in [-0.3, -0.25) is 9.59 Å². The number of Topliss-reactive ketones (excluding diaryl/α,β-unsaturated/α-hetero) is 1. The van der Waals surface area contributed by atoms with Gasteiger partial charge in [0.15, 0.2) is 29.4 Å². The van der Waals surface area contributed by atoms with Crippen molar-refractivity contribution in [3.05, 3.63) is 23.8 Å². The topological polar surface area (TPSA) is 135 Å². The van der Waals surface area contributed by atoms with Crippen LogP contribution >= 0.6 is 0 Å². The van der Waals surface area contributed by atoms with E-state index in [2.05, 4.69) is 0 Å². The van der Waals surface area contributed by atoms with Crippen LogP contribution in [0.4, 0.5) is 4.39 Å². The smallest absolute Gasteiger partial charge is 0.332 e. The molecule has 4 unspecified atom stereocenters. The Morgan fingerprint density at radius 1 is 1.07 bits per heavy atom. The molecule has 1 heterocycles. The molecule has 1 saturated heterocycles. The van der Waals surface area contributed by atoms with Gasteiger partial charge in [-0.05, 0) is 72.8 Å². The fourth-order valence-corrected chi connectivity index (χ4v) is 8.60. The largest absolute Gasteiger partial charge is 0.458 e. The molecule has 0 bridgehead atoms. The summed E-state index contributed by atoms with van der Waals surface area (Å²) in [6, 6.07) is 0. The van der Waals surface area contributed by atoms with Crippen LogP contribution in [-0.2, 0) is 42.9 Å². The number of allylic oxidation sites excluding steroid dienone is 4. The van der Waals surface area contributed by atoms with Crippen molar-refractivity contribution in [2.24, 2.45) is 22.7 Å². The van der Waals surface area contributed by atoms with Crippen molar-refractivity contribution < 1.29 is 52.4 Å². The van der Waals surface area contributed by atoms with Gasteiger partial charge in [-0.2, -0.15) is 0 Å². The molecular formula is C32H43FO10. The molecule has 0 amide bonds. The van der Waals surface area contributed by atoms with Crippen LogP contribution in [0.3, 0.4) is 0 Å². The maximum absolute atomic E-state index is 17.5. The zero-order valence-corrected chi connectivity index (χ0v) is 26.0. The van der Waals surface area contributed by atoms with Gasteiger partial charge in [-0.15, -0.1) is 0 Å². The average Bonchev–Trinajstić information content (AvgIpc) is 3.28. The van der Waals surface area contributed by atoms with Crippen molar-refractivity contribution in [2.75, 3.05) is 19.8 Å². The van der Waals surface area contributed by atoms with E-state index in [1.807, 2.05) is 13.0 Å². The highest BCUT2D eigenvalue weighted by Gasteiger charge is 2.80. The number of ether oxygens (including phenoxy) is 5. The molecule has 4 aliphatic carbocycles. The molecule has 11 heteroatoms. The number of alkyl halides is 1. The lowest BCUT2D eigenvalue weighted by Crippen LogP contribution is -2.69. The second-order valence-electron chi connectivity index (χ2n) is 14.5. The van der Waals surface area contributed by atoms with Crippen molar-refractivity contribution in [2.45, 2.75) is 109 Å². The maximum Gasteiger partial charge on any atom is 0.332 e. The standard InChI is InChI=1S/C32H43FO10/c1-27(2,3)42-26(38)17-39-16-25(37)40-15-23(36)32-24(41-28(4,5)43-32)13-21-20-9-8-18-12-19(34)10-11-29(18,6)31(20,33)22(35)14-30(21,32)7/h8,10-11,20-22,24,35H,9,12-17H2,1-7H3/t20?,21?,22-,24+,29?,30?,31-,32+/m0/s1. The van der Waals surface area contributed by atoms with Crippen molar-refractivity contribution >= 4 is 23.5 Å². The van der Waals surface area contributed by atoms with Gasteiger partial charge in [0.2, 0.25) is 5.78 Å². The van der Waals surface area contributed by atoms with E-state index in [1.54, 1.807) is 47.6 Å². The highest BCUT2D eigenvalue weighted by molar-refractivity contribution is 5.94. The van der Waals surface area contributed by atoms with Crippen LogP contribution in [0, 0.1) is 22.7 Å². The van der Waals surface area contributed by atoms with E-state index in [-0.39, 0.29) is 18.6 Å². The number of fused-ring (bicyclic) bond motifs is 7.